The van der Waals surface area contributed by atoms with Gasteiger partial charge in [0.2, 0.25) is 5.91 Å². The number of thiazole rings is 1. The summed E-state index contributed by atoms with van der Waals surface area (Å²) in [4.78, 5) is 30.9. The van der Waals surface area contributed by atoms with Gasteiger partial charge in [0.05, 0.1) is 5.92 Å². The smallest absolute Gasteiger partial charge is 0.389 e. The number of nitrogens with one attached hydrogen (secondary N) is 1. The van der Waals surface area contributed by atoms with Crippen molar-refractivity contribution < 1.29 is 23.8 Å². The fourth-order valence-electron chi connectivity index (χ4n) is 3.61. The highest BCUT2D eigenvalue weighted by Crippen LogP contribution is 2.35. The summed E-state index contributed by atoms with van der Waals surface area (Å²) in [5.41, 5.74) is 0.435. The van der Waals surface area contributed by atoms with Crippen molar-refractivity contribution in [3.63, 3.8) is 0 Å². The van der Waals surface area contributed by atoms with Crippen LogP contribution in [0.3, 0.4) is 0 Å². The number of hydrogen-bond donors (Lipinski definition) is 2. The van der Waals surface area contributed by atoms with Gasteiger partial charge in [-0.25, -0.2) is 14.2 Å². The molecule has 1 atom stereocenters. The van der Waals surface area contributed by atoms with E-state index in [4.69, 9.17) is 4.74 Å². The van der Waals surface area contributed by atoms with Gasteiger partial charge in [0.25, 0.3) is 0 Å². The SMILES string of the molecule is CC(C)c1cc(F)cc(C(C)C)c1C(C)C(=O)N=[S-](=Cc1cnc(C(C)(C)O)s1)NC(=O)OC(C)(C)C. The Morgan fingerprint density at radius 2 is 1.65 bits per heavy atom. The fourth-order valence-corrected chi connectivity index (χ4v) is 5.76. The van der Waals surface area contributed by atoms with Crippen LogP contribution in [-0.4, -0.2) is 33.1 Å². The number of nitrogens with zero attached hydrogens (tertiary/aromatic N) is 2. The predicted octanol–water partition coefficient (Wildman–Crippen LogP) is 6.48. The molecule has 37 heavy (non-hydrogen) atoms. The third kappa shape index (κ3) is 8.90. The molecule has 1 aromatic heterocycles. The minimum absolute atomic E-state index is 0.000553. The molecule has 2 rings (SSSR count). The van der Waals surface area contributed by atoms with Gasteiger partial charge in [-0.3, -0.25) is 15.3 Å². The molecule has 2 amide bonds. The normalized spacial score (nSPS) is 14.3. The lowest BCUT2D eigenvalue weighted by Gasteiger charge is -2.25. The minimum atomic E-state index is -1.38. The average molecular weight is 553 g/mol. The van der Waals surface area contributed by atoms with Crippen molar-refractivity contribution in [3.8, 4) is 0 Å². The second-order valence-electron chi connectivity index (χ2n) is 11.1. The van der Waals surface area contributed by atoms with E-state index in [9.17, 15) is 19.1 Å². The quantitative estimate of drug-likeness (QED) is 0.302. The van der Waals surface area contributed by atoms with Gasteiger partial charge in [-0.15, -0.1) is 16.7 Å². The van der Waals surface area contributed by atoms with E-state index in [1.807, 2.05) is 27.7 Å². The second-order valence-corrected chi connectivity index (χ2v) is 13.4. The van der Waals surface area contributed by atoms with Gasteiger partial charge in [0.15, 0.2) is 0 Å². The molecule has 2 N–H and O–H groups in total. The Balaban J connectivity index is 2.59. The summed E-state index contributed by atoms with van der Waals surface area (Å²) in [6.07, 6.45) is 0.849. The Hall–Kier alpha value is -2.30. The molecular formula is C27H39FN3O4S2-. The van der Waals surface area contributed by atoms with Gasteiger partial charge in [-0.1, -0.05) is 27.7 Å². The summed E-state index contributed by atoms with van der Waals surface area (Å²) >= 11 is 1.24. The van der Waals surface area contributed by atoms with Crippen LogP contribution in [0, 0.1) is 5.82 Å². The molecule has 0 spiro atoms. The third-order valence-electron chi connectivity index (χ3n) is 5.31. The van der Waals surface area contributed by atoms with Crippen molar-refractivity contribution >= 4 is 39.2 Å². The maximum Gasteiger partial charge on any atom is 0.389 e. The molecule has 0 fully saturated rings. The minimum Gasteiger partial charge on any atom is -0.445 e. The standard InChI is InChI=1S/C27H39FN3O4S2/c1-15(2)20-11-18(28)12-21(16(3)4)22(20)17(5)23(32)30-37(31-25(33)35-26(6,7)8)14-19-13-29-24(36-19)27(9,10)34/h11-17,34H,1-10H3,(H,30,31,32,33)/q-1. The molecule has 0 saturated heterocycles. The van der Waals surface area contributed by atoms with Gasteiger partial charge >= 0.3 is 6.09 Å². The molecule has 2 aromatic rings. The van der Waals surface area contributed by atoms with E-state index < -0.39 is 39.6 Å². The average Bonchev–Trinajstić information content (AvgIpc) is 3.19. The largest absolute Gasteiger partial charge is 0.445 e. The van der Waals surface area contributed by atoms with Crippen molar-refractivity contribution in [2.24, 2.45) is 4.36 Å². The number of carbonyl (C=O) groups excluding carboxylic acids is 2. The Labute approximate surface area is 225 Å². The van der Waals surface area contributed by atoms with Crippen molar-refractivity contribution in [2.75, 3.05) is 0 Å². The van der Waals surface area contributed by atoms with E-state index in [0.29, 0.717) is 9.88 Å². The van der Waals surface area contributed by atoms with E-state index in [0.717, 1.165) is 16.7 Å². The van der Waals surface area contributed by atoms with Crippen molar-refractivity contribution in [1.82, 2.24) is 9.71 Å². The number of halogens is 1. The van der Waals surface area contributed by atoms with Crippen LogP contribution in [0.15, 0.2) is 22.7 Å². The topological polar surface area (TPSA) is 101 Å². The van der Waals surface area contributed by atoms with Crippen LogP contribution in [0.4, 0.5) is 9.18 Å². The first kappa shape index (κ1) is 30.9. The highest BCUT2D eigenvalue weighted by atomic mass is 32.2. The maximum atomic E-state index is 14.4. The second kappa shape index (κ2) is 12.0. The molecule has 7 nitrogen and oxygen atoms in total. The number of hydrogen-bond acceptors (Lipinski definition) is 7. The van der Waals surface area contributed by atoms with E-state index >= 15 is 0 Å². The van der Waals surface area contributed by atoms with Crippen LogP contribution in [0.5, 0.6) is 0 Å². The lowest BCUT2D eigenvalue weighted by Crippen LogP contribution is -2.32. The number of aliphatic hydroxyl groups is 1. The number of carbonyl (C=O) groups is 2. The van der Waals surface area contributed by atoms with Crippen LogP contribution >= 0.6 is 11.3 Å². The molecule has 0 saturated carbocycles. The first-order chi connectivity index (χ1) is 16.9. The van der Waals surface area contributed by atoms with Crippen molar-refractivity contribution in [3.05, 3.63) is 50.7 Å². The van der Waals surface area contributed by atoms with Gasteiger partial charge < -0.3 is 18.9 Å². The Morgan fingerprint density at radius 3 is 2.08 bits per heavy atom. The molecule has 10 heteroatoms. The molecular weight excluding hydrogens is 513 g/mol. The molecule has 0 aliphatic carbocycles. The monoisotopic (exact) mass is 552 g/mol. The fraction of sp³-hybridized carbons (Fsp3) is 0.556. The van der Waals surface area contributed by atoms with Crippen LogP contribution in [0.2, 0.25) is 0 Å². The molecule has 0 aliphatic rings. The Kier molecular flexibility index (Phi) is 10.1. The summed E-state index contributed by atoms with van der Waals surface area (Å²) < 4.78 is 26.8. The molecule has 206 valence electrons. The zero-order valence-corrected chi connectivity index (χ0v) is 24.9. The van der Waals surface area contributed by atoms with E-state index in [1.165, 1.54) is 23.5 Å². The van der Waals surface area contributed by atoms with Crippen LogP contribution < -0.4 is 4.72 Å². The molecule has 1 heterocycles. The maximum absolute atomic E-state index is 14.4. The van der Waals surface area contributed by atoms with Crippen LogP contribution in [0.25, 0.3) is 0 Å². The number of benzene rings is 1. The number of ether oxygens (including phenoxy) is 1. The number of amides is 2. The Bertz CT molecular complexity index is 1200. The summed E-state index contributed by atoms with van der Waals surface area (Å²) in [7, 11) is -1.38. The Morgan fingerprint density at radius 1 is 1.11 bits per heavy atom. The van der Waals surface area contributed by atoms with Crippen LogP contribution in [0.1, 0.15) is 114 Å². The van der Waals surface area contributed by atoms with Gasteiger partial charge in [0.1, 0.15) is 22.0 Å². The number of rotatable bonds is 7. The molecule has 1 unspecified atom stereocenters. The van der Waals surface area contributed by atoms with Gasteiger partial charge in [-0.2, -0.15) is 0 Å². The lowest BCUT2D eigenvalue weighted by atomic mass is 9.82. The van der Waals surface area contributed by atoms with Crippen LogP contribution in [-0.2, 0) is 25.6 Å². The highest BCUT2D eigenvalue weighted by molar-refractivity contribution is 7.85. The third-order valence-corrected chi connectivity index (χ3v) is 7.94. The van der Waals surface area contributed by atoms with E-state index in [2.05, 4.69) is 14.1 Å². The summed E-state index contributed by atoms with van der Waals surface area (Å²) in [6.45, 7) is 18.1. The molecule has 0 aliphatic heterocycles. The van der Waals surface area contributed by atoms with Crippen molar-refractivity contribution in [2.45, 2.75) is 98.2 Å². The predicted molar refractivity (Wildman–Crippen MR) is 150 cm³/mol. The van der Waals surface area contributed by atoms with Gasteiger partial charge in [0, 0.05) is 11.1 Å². The lowest BCUT2D eigenvalue weighted by molar-refractivity contribution is -0.118. The molecule has 0 radical (unpaired) electrons. The number of aromatic nitrogens is 1. The first-order valence-corrected chi connectivity index (χ1v) is 14.3. The first-order valence-electron chi connectivity index (χ1n) is 12.2. The highest BCUT2D eigenvalue weighted by Gasteiger charge is 2.24. The molecule has 1 aromatic carbocycles. The zero-order valence-electron chi connectivity index (χ0n) is 23.3. The summed E-state index contributed by atoms with van der Waals surface area (Å²) in [5.74, 6) is -1.44. The zero-order chi connectivity index (χ0) is 28.3. The summed E-state index contributed by atoms with van der Waals surface area (Å²) in [5, 5.41) is 12.4. The van der Waals surface area contributed by atoms with Gasteiger partial charge in [-0.05, 0) is 82.2 Å². The summed E-state index contributed by atoms with van der Waals surface area (Å²) in [6, 6.07) is 2.96. The van der Waals surface area contributed by atoms with Crippen molar-refractivity contribution in [1.29, 1.82) is 0 Å². The van der Waals surface area contributed by atoms with E-state index in [-0.39, 0.29) is 17.7 Å². The van der Waals surface area contributed by atoms with E-state index in [1.54, 1.807) is 53.1 Å². The molecule has 0 bridgehead atoms.